The number of carbonyl (C=O) groups is 4. The van der Waals surface area contributed by atoms with Gasteiger partial charge in [0.05, 0.1) is 47.1 Å². The summed E-state index contributed by atoms with van der Waals surface area (Å²) in [5.74, 6) is -6.97. The third-order valence-corrected chi connectivity index (χ3v) is 11.0. The van der Waals surface area contributed by atoms with Crippen LogP contribution >= 0.6 is 0 Å². The van der Waals surface area contributed by atoms with Gasteiger partial charge in [0.1, 0.15) is 29.1 Å². The number of methoxy groups -OCH3 is 1. The van der Waals surface area contributed by atoms with Gasteiger partial charge in [0, 0.05) is 67.7 Å². The summed E-state index contributed by atoms with van der Waals surface area (Å²) >= 11 is 0. The number of nitrogens with zero attached hydrogens (tertiary/aromatic N) is 2. The second-order valence-electron chi connectivity index (χ2n) is 15.8. The first kappa shape index (κ1) is 42.2. The number of aliphatic hydroxyl groups excluding tert-OH is 2. The van der Waals surface area contributed by atoms with Crippen molar-refractivity contribution in [3.8, 4) is 22.8 Å². The number of aromatic amines is 1. The molecule has 1 aromatic carbocycles. The van der Waals surface area contributed by atoms with Gasteiger partial charge in [-0.05, 0) is 25.8 Å². The Morgan fingerprint density at radius 3 is 2.30 bits per heavy atom. The first-order valence-electron chi connectivity index (χ1n) is 18.9. The van der Waals surface area contributed by atoms with E-state index in [-0.39, 0.29) is 56.6 Å². The van der Waals surface area contributed by atoms with Crippen LogP contribution < -0.4 is 4.74 Å². The van der Waals surface area contributed by atoms with Gasteiger partial charge in [0.15, 0.2) is 0 Å². The molecule has 0 saturated carbocycles. The van der Waals surface area contributed by atoms with Gasteiger partial charge < -0.3 is 39.3 Å². The van der Waals surface area contributed by atoms with E-state index in [1.54, 1.807) is 39.8 Å². The molecule has 1 aromatic heterocycles. The maximum Gasteiger partial charge on any atom is 0.312 e. The molecule has 3 aliphatic rings. The van der Waals surface area contributed by atoms with Crippen LogP contribution in [-0.4, -0.2) is 91.8 Å². The molecule has 0 saturated heterocycles. The Morgan fingerprint density at radius 2 is 1.68 bits per heavy atom. The minimum atomic E-state index is -1.97. The van der Waals surface area contributed by atoms with Crippen LogP contribution in [0.5, 0.6) is 11.5 Å². The Morgan fingerprint density at radius 1 is 1.00 bits per heavy atom. The number of nitrogens with one attached hydrogen (secondary N) is 1. The first-order chi connectivity index (χ1) is 26.2. The SMILES string of the molecule is CO[C@H]1/C=C/O[C@@]2(C)Oc3c(C)c(O)c4c(c3C2=O)-c2nc(CC(C)C)[nH]c2C(=NC(=O)/C(C)=C/C=C/[C@H](C)[C@H](O)[C@@H](C)[C@@H](O)[C@@H](C)[C@H](OC(C)=O)[C@@H]1C)C4=O. The molecule has 14 nitrogen and oxygen atoms in total. The van der Waals surface area contributed by atoms with Crippen molar-refractivity contribution >= 4 is 29.2 Å². The molecule has 0 radical (unpaired) electrons. The highest BCUT2D eigenvalue weighted by Crippen LogP contribution is 2.51. The number of hydrogen-bond acceptors (Lipinski definition) is 12. The number of ether oxygens (including phenoxy) is 4. The lowest BCUT2D eigenvalue weighted by Crippen LogP contribution is -2.46. The van der Waals surface area contributed by atoms with Crippen molar-refractivity contribution < 1.29 is 53.4 Å². The third-order valence-electron chi connectivity index (χ3n) is 11.0. The number of esters is 1. The Balaban J connectivity index is 1.71. The molecule has 5 bridgehead atoms. The number of aliphatic hydroxyl groups is 2. The molecule has 3 heterocycles. The van der Waals surface area contributed by atoms with Gasteiger partial charge in [0.2, 0.25) is 5.78 Å². The molecule has 5 rings (SSSR count). The average molecular weight is 776 g/mol. The fourth-order valence-electron chi connectivity index (χ4n) is 7.67. The predicted octanol–water partition coefficient (Wildman–Crippen LogP) is 5.35. The number of phenolic OH excluding ortho intramolecular Hbond substituents is 1. The van der Waals surface area contributed by atoms with Crippen molar-refractivity contribution in [2.45, 2.75) is 106 Å². The minimum absolute atomic E-state index is 0.00166. The molecule has 4 N–H and O–H groups in total. The second-order valence-corrected chi connectivity index (χ2v) is 15.8. The molecule has 9 atom stereocenters. The van der Waals surface area contributed by atoms with E-state index in [4.69, 9.17) is 23.9 Å². The summed E-state index contributed by atoms with van der Waals surface area (Å²) < 4.78 is 23.7. The molecule has 14 heteroatoms. The molecule has 0 unspecified atom stereocenters. The molecule has 56 heavy (non-hydrogen) atoms. The van der Waals surface area contributed by atoms with Crippen molar-refractivity contribution in [2.75, 3.05) is 7.11 Å². The number of aliphatic imine (C=N–C) groups is 1. The normalized spacial score (nSPS) is 31.9. The highest BCUT2D eigenvalue weighted by Gasteiger charge is 2.52. The van der Waals surface area contributed by atoms with Crippen molar-refractivity contribution in [1.29, 1.82) is 0 Å². The number of amides is 1. The predicted molar refractivity (Wildman–Crippen MR) is 206 cm³/mol. The number of allylic oxidation sites excluding steroid dienone is 2. The lowest BCUT2D eigenvalue weighted by molar-refractivity contribution is -0.160. The van der Waals surface area contributed by atoms with Gasteiger partial charge in [-0.1, -0.05) is 59.8 Å². The summed E-state index contributed by atoms with van der Waals surface area (Å²) in [7, 11) is 1.45. The zero-order valence-corrected chi connectivity index (χ0v) is 33.8. The number of Topliss-reactive ketones (excluding diaryl/α,β-unsaturated/α-hetero) is 2. The Hall–Kier alpha value is -4.92. The number of phenols is 1. The standard InChI is InChI=1S/C42H53N3O11/c1-18(2)17-27-43-31-28-29-36(49)24(8)39-30(28)40(51)42(10,56-39)54-16-15-26(53-11)21(5)38(55-25(9)46)23(7)35(48)22(6)34(47)19(3)13-12-14-20(4)41(52)45-33(37(29)50)32(31)44-27/h12-16,18-19,21-23,26,34-35,38,47-49H,17H2,1-11H3,(H,43,44)/b13-12+,16-15+,20-14+,45-33?/t19-,21+,22+,23+,26-,34-,35+,38+,42-/m0/s1. The van der Waals surface area contributed by atoms with Crippen molar-refractivity contribution in [2.24, 2.45) is 34.6 Å². The van der Waals surface area contributed by atoms with E-state index in [2.05, 4.69) is 9.98 Å². The number of aromatic nitrogens is 2. The van der Waals surface area contributed by atoms with E-state index in [0.717, 1.165) is 0 Å². The summed E-state index contributed by atoms with van der Waals surface area (Å²) in [6.07, 6.45) is 4.19. The maximum absolute atomic E-state index is 14.4. The molecule has 0 spiro atoms. The number of imidazole rings is 1. The number of rotatable bonds is 4. The first-order valence-corrected chi connectivity index (χ1v) is 18.9. The van der Waals surface area contributed by atoms with E-state index in [0.29, 0.717) is 12.2 Å². The van der Waals surface area contributed by atoms with Gasteiger partial charge in [-0.2, -0.15) is 0 Å². The molecule has 1 aliphatic carbocycles. The number of fused-ring (bicyclic) bond motifs is 4. The Bertz CT molecular complexity index is 2040. The Labute approximate surface area is 326 Å². The largest absolute Gasteiger partial charge is 0.507 e. The van der Waals surface area contributed by atoms with Crippen molar-refractivity contribution in [1.82, 2.24) is 9.97 Å². The van der Waals surface area contributed by atoms with Crippen LogP contribution in [0.15, 0.2) is 41.1 Å². The van der Waals surface area contributed by atoms with Crippen LogP contribution in [0.3, 0.4) is 0 Å². The number of aromatic hydroxyl groups is 1. The van der Waals surface area contributed by atoms with Crippen LogP contribution in [0.1, 0.15) is 100 Å². The van der Waals surface area contributed by atoms with E-state index in [1.165, 1.54) is 53.2 Å². The highest BCUT2D eigenvalue weighted by atomic mass is 16.7. The number of H-pyrrole nitrogens is 1. The minimum Gasteiger partial charge on any atom is -0.507 e. The number of carbonyl (C=O) groups excluding carboxylic acids is 4. The van der Waals surface area contributed by atoms with Crippen LogP contribution in [0.25, 0.3) is 11.3 Å². The van der Waals surface area contributed by atoms with Gasteiger partial charge in [-0.15, -0.1) is 0 Å². The molecule has 1 amide bonds. The molecule has 302 valence electrons. The van der Waals surface area contributed by atoms with E-state index < -0.39 is 83.1 Å². The molecular formula is C42H53N3O11. The van der Waals surface area contributed by atoms with Gasteiger partial charge in [-0.3, -0.25) is 19.2 Å². The summed E-state index contributed by atoms with van der Waals surface area (Å²) in [6, 6.07) is 0. The summed E-state index contributed by atoms with van der Waals surface area (Å²) in [5.41, 5.74) is 0.0294. The summed E-state index contributed by atoms with van der Waals surface area (Å²) in [6.45, 7) is 16.6. The maximum atomic E-state index is 14.4. The summed E-state index contributed by atoms with van der Waals surface area (Å²) in [4.78, 5) is 66.9. The van der Waals surface area contributed by atoms with Crippen LogP contribution in [0.2, 0.25) is 0 Å². The molecule has 0 fully saturated rings. The molecule has 2 aromatic rings. The fraction of sp³-hybridized carbons (Fsp3) is 0.524. The fourth-order valence-corrected chi connectivity index (χ4v) is 7.67. The monoisotopic (exact) mass is 775 g/mol. The quantitative estimate of drug-likeness (QED) is 0.290. The number of hydrogen-bond donors (Lipinski definition) is 4. The Kier molecular flexibility index (Phi) is 12.3. The number of benzene rings is 1. The lowest BCUT2D eigenvalue weighted by atomic mass is 9.78. The zero-order valence-electron chi connectivity index (χ0n) is 33.8. The van der Waals surface area contributed by atoms with E-state index in [1.807, 2.05) is 13.8 Å². The molecule has 2 aliphatic heterocycles. The van der Waals surface area contributed by atoms with Gasteiger partial charge in [0.25, 0.3) is 11.7 Å². The summed E-state index contributed by atoms with van der Waals surface area (Å²) in [5, 5.41) is 34.4. The van der Waals surface area contributed by atoms with Gasteiger partial charge >= 0.3 is 11.8 Å². The smallest absolute Gasteiger partial charge is 0.312 e. The third kappa shape index (κ3) is 7.74. The topological polar surface area (TPSA) is 207 Å². The van der Waals surface area contributed by atoms with Crippen molar-refractivity contribution in [3.05, 3.63) is 64.3 Å². The van der Waals surface area contributed by atoms with Crippen LogP contribution in [-0.2, 0) is 30.2 Å². The second kappa shape index (κ2) is 16.3. The van der Waals surface area contributed by atoms with Gasteiger partial charge in [-0.25, -0.2) is 9.98 Å². The van der Waals surface area contributed by atoms with E-state index >= 15 is 0 Å². The van der Waals surface area contributed by atoms with Crippen LogP contribution in [0, 0.1) is 36.5 Å². The van der Waals surface area contributed by atoms with Crippen molar-refractivity contribution in [3.63, 3.8) is 0 Å². The van der Waals surface area contributed by atoms with Crippen LogP contribution in [0.4, 0.5) is 0 Å². The average Bonchev–Trinajstić information content (AvgIpc) is 3.67. The van der Waals surface area contributed by atoms with E-state index in [9.17, 15) is 34.5 Å². The highest BCUT2D eigenvalue weighted by molar-refractivity contribution is 6.56. The zero-order chi connectivity index (χ0) is 41.5. The number of ketones is 2. The molecular weight excluding hydrogens is 722 g/mol. The lowest BCUT2D eigenvalue weighted by Gasteiger charge is -2.38.